The number of hydrogen-bond donors (Lipinski definition) is 0. The van der Waals surface area contributed by atoms with Crippen LogP contribution < -0.4 is 9.47 Å². The van der Waals surface area contributed by atoms with Crippen LogP contribution in [0, 0.1) is 0 Å². The van der Waals surface area contributed by atoms with Crippen molar-refractivity contribution in [2.75, 3.05) is 12.3 Å². The fourth-order valence-corrected chi connectivity index (χ4v) is 4.62. The number of aromatic nitrogens is 1. The normalized spacial score (nSPS) is 18.9. The minimum atomic E-state index is -0.439. The number of benzene rings is 1. The number of fused-ring (bicyclic) bond motifs is 1. The molecule has 8 heteroatoms. The van der Waals surface area contributed by atoms with Gasteiger partial charge < -0.3 is 9.47 Å². The lowest BCUT2D eigenvalue weighted by atomic mass is 10.2. The third-order valence-corrected chi connectivity index (χ3v) is 5.79. The van der Waals surface area contributed by atoms with Crippen LogP contribution in [0.5, 0.6) is 11.5 Å². The van der Waals surface area contributed by atoms with Crippen LogP contribution in [0.2, 0.25) is 0 Å². The van der Waals surface area contributed by atoms with E-state index >= 15 is 0 Å². The zero-order valence-electron chi connectivity index (χ0n) is 15.1. The Morgan fingerprint density at radius 3 is 2.78 bits per heavy atom. The van der Waals surface area contributed by atoms with E-state index in [4.69, 9.17) is 14.5 Å². The predicted molar refractivity (Wildman–Crippen MR) is 109 cm³/mol. The highest BCUT2D eigenvalue weighted by Crippen LogP contribution is 2.38. The van der Waals surface area contributed by atoms with Crippen molar-refractivity contribution in [3.05, 3.63) is 40.4 Å². The lowest BCUT2D eigenvalue weighted by molar-refractivity contribution is -0.131. The lowest BCUT2D eigenvalue weighted by Gasteiger charge is -2.04. The Labute approximate surface area is 165 Å². The standard InChI is InChI=1S/C19H18N2O4S2/c1-11-6-7-26-18(20-9-12(2)8-11)19-21-16-14(25-13(3)23)4-5-15(24-10-22)17(16)27-19/h4-6,8,10H,7,9H2,1-3H3/b11-6-,12-8-,20-18?. The number of carbonyl (C=O) groups is 2. The summed E-state index contributed by atoms with van der Waals surface area (Å²) in [5.74, 6) is 1.04. The number of allylic oxidation sites excluding steroid dienone is 2. The second-order valence-corrected chi connectivity index (χ2v) is 7.95. The highest BCUT2D eigenvalue weighted by Gasteiger charge is 2.19. The number of rotatable bonds is 4. The third-order valence-electron chi connectivity index (χ3n) is 3.65. The van der Waals surface area contributed by atoms with Crippen molar-refractivity contribution in [1.29, 1.82) is 0 Å². The van der Waals surface area contributed by atoms with Crippen LogP contribution in [0.4, 0.5) is 0 Å². The van der Waals surface area contributed by atoms with E-state index in [1.54, 1.807) is 23.9 Å². The number of thiazole rings is 1. The van der Waals surface area contributed by atoms with E-state index in [0.717, 1.165) is 16.4 Å². The van der Waals surface area contributed by atoms with Gasteiger partial charge in [-0.15, -0.1) is 11.3 Å². The van der Waals surface area contributed by atoms with Gasteiger partial charge >= 0.3 is 5.97 Å². The van der Waals surface area contributed by atoms with E-state index in [9.17, 15) is 9.59 Å². The number of hydrogen-bond acceptors (Lipinski definition) is 8. The molecule has 0 fully saturated rings. The van der Waals surface area contributed by atoms with E-state index < -0.39 is 5.97 Å². The van der Waals surface area contributed by atoms with Gasteiger partial charge in [0.1, 0.15) is 26.0 Å². The lowest BCUT2D eigenvalue weighted by Crippen LogP contribution is -2.02. The molecule has 140 valence electrons. The summed E-state index contributed by atoms with van der Waals surface area (Å²) in [6.45, 7) is 6.39. The Morgan fingerprint density at radius 2 is 2.04 bits per heavy atom. The molecule has 0 radical (unpaired) electrons. The number of aliphatic imine (C=N–C) groups is 1. The molecule has 0 spiro atoms. The molecule has 1 aromatic heterocycles. The average molecular weight is 402 g/mol. The van der Waals surface area contributed by atoms with Crippen LogP contribution in [-0.4, -0.2) is 34.8 Å². The van der Waals surface area contributed by atoms with Crippen molar-refractivity contribution < 1.29 is 19.1 Å². The molecule has 1 aromatic carbocycles. The van der Waals surface area contributed by atoms with E-state index in [1.807, 2.05) is 6.92 Å². The molecule has 1 aliphatic heterocycles. The van der Waals surface area contributed by atoms with Gasteiger partial charge in [0.25, 0.3) is 6.47 Å². The van der Waals surface area contributed by atoms with E-state index in [0.29, 0.717) is 39.7 Å². The molecule has 0 bridgehead atoms. The Morgan fingerprint density at radius 1 is 1.26 bits per heavy atom. The van der Waals surface area contributed by atoms with Crippen molar-refractivity contribution in [3.63, 3.8) is 0 Å². The van der Waals surface area contributed by atoms with Crippen molar-refractivity contribution in [1.82, 2.24) is 4.98 Å². The molecule has 0 amide bonds. The molecule has 6 nitrogen and oxygen atoms in total. The van der Waals surface area contributed by atoms with Crippen molar-refractivity contribution in [3.8, 4) is 11.5 Å². The second-order valence-electron chi connectivity index (χ2n) is 5.94. The number of esters is 1. The first-order chi connectivity index (χ1) is 13.0. The van der Waals surface area contributed by atoms with E-state index in [1.165, 1.54) is 23.8 Å². The molecule has 3 rings (SSSR count). The maximum absolute atomic E-state index is 11.4. The van der Waals surface area contributed by atoms with Gasteiger partial charge in [0.2, 0.25) is 0 Å². The van der Waals surface area contributed by atoms with Crippen molar-refractivity contribution >= 4 is 50.8 Å². The van der Waals surface area contributed by atoms with Gasteiger partial charge in [-0.1, -0.05) is 35.1 Å². The summed E-state index contributed by atoms with van der Waals surface area (Å²) in [5, 5.41) is 1.51. The van der Waals surface area contributed by atoms with Crippen LogP contribution in [0.3, 0.4) is 0 Å². The highest BCUT2D eigenvalue weighted by atomic mass is 32.2. The number of ether oxygens (including phenoxy) is 2. The van der Waals surface area contributed by atoms with E-state index in [2.05, 4.69) is 24.1 Å². The summed E-state index contributed by atoms with van der Waals surface area (Å²) in [6.07, 6.45) is 4.27. The van der Waals surface area contributed by atoms with Crippen molar-refractivity contribution in [2.45, 2.75) is 20.8 Å². The minimum Gasteiger partial charge on any atom is -0.427 e. The Bertz CT molecular complexity index is 989. The molecule has 1 aliphatic rings. The molecule has 0 N–H and O–H groups in total. The third kappa shape index (κ3) is 4.64. The van der Waals surface area contributed by atoms with Gasteiger partial charge in [0.15, 0.2) is 5.75 Å². The van der Waals surface area contributed by atoms with Gasteiger partial charge in [-0.25, -0.2) is 4.98 Å². The number of carbonyl (C=O) groups excluding carboxylic acids is 2. The molecule has 0 atom stereocenters. The monoisotopic (exact) mass is 402 g/mol. The summed E-state index contributed by atoms with van der Waals surface area (Å²) in [6, 6.07) is 3.16. The number of thioether (sulfide) groups is 1. The summed E-state index contributed by atoms with van der Waals surface area (Å²) in [5.41, 5.74) is 2.85. The van der Waals surface area contributed by atoms with Crippen LogP contribution in [0.25, 0.3) is 10.2 Å². The van der Waals surface area contributed by atoms with Gasteiger partial charge in [0.05, 0.1) is 6.54 Å². The quantitative estimate of drug-likeness (QED) is 0.434. The van der Waals surface area contributed by atoms with Gasteiger partial charge in [0, 0.05) is 12.7 Å². The zero-order chi connectivity index (χ0) is 19.4. The largest absolute Gasteiger partial charge is 0.427 e. The van der Waals surface area contributed by atoms with Crippen molar-refractivity contribution in [2.24, 2.45) is 4.99 Å². The predicted octanol–water partition coefficient (Wildman–Crippen LogP) is 4.14. The summed E-state index contributed by atoms with van der Waals surface area (Å²) in [4.78, 5) is 31.5. The highest BCUT2D eigenvalue weighted by molar-refractivity contribution is 8.14. The first kappa shape index (κ1) is 19.3. The fourth-order valence-electron chi connectivity index (χ4n) is 2.55. The smallest absolute Gasteiger partial charge is 0.308 e. The molecule has 27 heavy (non-hydrogen) atoms. The number of nitrogens with zero attached hydrogens (tertiary/aromatic N) is 2. The molecule has 0 aliphatic carbocycles. The zero-order valence-corrected chi connectivity index (χ0v) is 16.8. The maximum atomic E-state index is 11.4. The van der Waals surface area contributed by atoms with E-state index in [-0.39, 0.29) is 0 Å². The SMILES string of the molecule is CC(=O)Oc1ccc(OC=O)c2sc(C3=NC/C(C)=C\C(C)=C/CS3)nc12. The summed E-state index contributed by atoms with van der Waals surface area (Å²) >= 11 is 2.95. The summed E-state index contributed by atoms with van der Waals surface area (Å²) in [7, 11) is 0. The van der Waals surface area contributed by atoms with Crippen LogP contribution >= 0.6 is 23.1 Å². The Kier molecular flexibility index (Phi) is 6.08. The minimum absolute atomic E-state index is 0.332. The van der Waals surface area contributed by atoms with Crippen LogP contribution in [0.1, 0.15) is 25.8 Å². The van der Waals surface area contributed by atoms with Gasteiger partial charge in [-0.05, 0) is 26.0 Å². The average Bonchev–Trinajstić information content (AvgIpc) is 3.07. The fraction of sp³-hybridized carbons (Fsp3) is 0.263. The molecule has 2 aromatic rings. The molecular weight excluding hydrogens is 384 g/mol. The molecule has 0 saturated carbocycles. The Balaban J connectivity index is 2.07. The van der Waals surface area contributed by atoms with Gasteiger partial charge in [-0.2, -0.15) is 0 Å². The molecular formula is C19H18N2O4S2. The van der Waals surface area contributed by atoms with Crippen LogP contribution in [-0.2, 0) is 9.59 Å². The van der Waals surface area contributed by atoms with Crippen LogP contribution in [0.15, 0.2) is 40.4 Å². The molecule has 0 saturated heterocycles. The first-order valence-electron chi connectivity index (χ1n) is 8.21. The first-order valence-corrected chi connectivity index (χ1v) is 10.0. The maximum Gasteiger partial charge on any atom is 0.308 e. The molecule has 0 unspecified atom stereocenters. The second kappa shape index (κ2) is 8.49. The van der Waals surface area contributed by atoms with Gasteiger partial charge in [-0.3, -0.25) is 14.6 Å². The molecule has 2 heterocycles. The summed E-state index contributed by atoms with van der Waals surface area (Å²) < 4.78 is 10.9. The topological polar surface area (TPSA) is 77.9 Å². The Hall–Kier alpha value is -2.45.